The van der Waals surface area contributed by atoms with Crippen LogP contribution in [-0.2, 0) is 11.3 Å². The topological polar surface area (TPSA) is 137 Å². The lowest BCUT2D eigenvalue weighted by atomic mass is 9.92. The maximum atomic E-state index is 13.1. The molecule has 0 bridgehead atoms. The highest BCUT2D eigenvalue weighted by molar-refractivity contribution is 6.07. The first-order valence-electron chi connectivity index (χ1n) is 16.7. The molecule has 3 aliphatic heterocycles. The number of aromatic amines is 2. The molecular weight excluding hydrogens is 608 g/mol. The van der Waals surface area contributed by atoms with Crippen molar-refractivity contribution in [2.45, 2.75) is 71.8 Å². The molecule has 4 atom stereocenters. The van der Waals surface area contributed by atoms with Gasteiger partial charge in [-0.25, -0.2) is 19.6 Å². The number of carboxylic acid groups (broad SMARTS) is 1. The normalized spacial score (nSPS) is 22.2. The molecule has 2 aromatic heterocycles. The molecule has 5 aromatic rings. The van der Waals surface area contributed by atoms with Crippen LogP contribution in [0, 0.1) is 11.8 Å². The van der Waals surface area contributed by atoms with E-state index in [1.54, 1.807) is 11.1 Å². The molecule has 0 aliphatic carbocycles. The highest BCUT2D eigenvalue weighted by Gasteiger charge is 2.39. The van der Waals surface area contributed by atoms with Gasteiger partial charge in [-0.15, -0.1) is 0 Å². The number of hydrogen-bond acceptors (Lipinski definition) is 6. The van der Waals surface area contributed by atoms with Crippen molar-refractivity contribution < 1.29 is 24.2 Å². The van der Waals surface area contributed by atoms with Crippen LogP contribution in [0.5, 0.6) is 5.75 Å². The molecule has 8 rings (SSSR count). The van der Waals surface area contributed by atoms with Crippen molar-refractivity contribution in [2.24, 2.45) is 11.8 Å². The summed E-state index contributed by atoms with van der Waals surface area (Å²) in [7, 11) is 0. The van der Waals surface area contributed by atoms with Gasteiger partial charge < -0.3 is 24.5 Å². The first-order valence-corrected chi connectivity index (χ1v) is 16.7. The number of H-pyrrole nitrogens is 2. The molecule has 0 radical (unpaired) electrons. The molecule has 2 saturated heterocycles. The quantitative estimate of drug-likeness (QED) is 0.180. The molecular formula is C37H40N6O5. The summed E-state index contributed by atoms with van der Waals surface area (Å²) in [5.41, 5.74) is 6.23. The minimum Gasteiger partial charge on any atom is -0.488 e. The molecule has 11 heteroatoms. The van der Waals surface area contributed by atoms with Crippen molar-refractivity contribution in [3.63, 3.8) is 0 Å². The van der Waals surface area contributed by atoms with E-state index in [0.717, 1.165) is 74.2 Å². The van der Waals surface area contributed by atoms with E-state index in [2.05, 4.69) is 65.2 Å². The fraction of sp³-hybridized carbons (Fsp3) is 0.405. The van der Waals surface area contributed by atoms with Crippen LogP contribution in [0.4, 0.5) is 9.59 Å². The summed E-state index contributed by atoms with van der Waals surface area (Å²) < 4.78 is 12.1. The number of rotatable bonds is 3. The maximum absolute atomic E-state index is 13.1. The van der Waals surface area contributed by atoms with E-state index in [4.69, 9.17) is 14.5 Å². The van der Waals surface area contributed by atoms with E-state index in [1.807, 2.05) is 26.8 Å². The van der Waals surface area contributed by atoms with Gasteiger partial charge in [0.25, 0.3) is 0 Å². The molecule has 3 aromatic carbocycles. The number of hydrogen-bond donors (Lipinski definition) is 3. The number of imidazole rings is 2. The number of carbonyl (C=O) groups is 2. The predicted molar refractivity (Wildman–Crippen MR) is 182 cm³/mol. The van der Waals surface area contributed by atoms with Crippen LogP contribution in [0.1, 0.15) is 76.8 Å². The second kappa shape index (κ2) is 11.0. The fourth-order valence-corrected chi connectivity index (χ4v) is 7.63. The van der Waals surface area contributed by atoms with Gasteiger partial charge in [-0.2, -0.15) is 0 Å². The molecule has 248 valence electrons. The van der Waals surface area contributed by atoms with Gasteiger partial charge in [-0.05, 0) is 91.8 Å². The molecule has 2 amide bonds. The van der Waals surface area contributed by atoms with E-state index in [1.165, 1.54) is 4.90 Å². The standard InChI is InChI=1S/C37H40N6O5/c1-19-10-29(42(16-19)35(44)45)33-38-15-28(40-33)22-6-8-24-23(12-22)18-47-31-14-25-21(13-26(24)31)7-9-27-32(25)41-34(39-27)30-11-20(2)17-43(30)36(46)48-37(3,4)5/h6-9,12-15,19-20,29-30H,10-11,16-18H2,1-5H3,(H,38,40)(H,39,41)(H,44,45)/t19?,20?,29-,30?/m0/s1. The fourth-order valence-electron chi connectivity index (χ4n) is 7.63. The Morgan fingerprint density at radius 1 is 0.938 bits per heavy atom. The Morgan fingerprint density at radius 3 is 2.44 bits per heavy atom. The van der Waals surface area contributed by atoms with Gasteiger partial charge in [0.15, 0.2) is 0 Å². The number of amides is 2. The number of aromatic nitrogens is 4. The largest absolute Gasteiger partial charge is 0.488 e. The number of nitrogens with zero attached hydrogens (tertiary/aromatic N) is 4. The zero-order valence-electron chi connectivity index (χ0n) is 27.8. The van der Waals surface area contributed by atoms with Gasteiger partial charge >= 0.3 is 12.2 Å². The van der Waals surface area contributed by atoms with Crippen molar-refractivity contribution in [3.8, 4) is 28.1 Å². The lowest BCUT2D eigenvalue weighted by Gasteiger charge is -2.27. The van der Waals surface area contributed by atoms with E-state index in [0.29, 0.717) is 31.4 Å². The summed E-state index contributed by atoms with van der Waals surface area (Å²) >= 11 is 0. The number of benzene rings is 3. The van der Waals surface area contributed by atoms with Crippen LogP contribution in [0.15, 0.2) is 48.7 Å². The molecule has 48 heavy (non-hydrogen) atoms. The Balaban J connectivity index is 1.09. The maximum Gasteiger partial charge on any atom is 0.410 e. The van der Waals surface area contributed by atoms with Gasteiger partial charge in [-0.3, -0.25) is 9.80 Å². The van der Waals surface area contributed by atoms with Gasteiger partial charge in [0.05, 0.1) is 35.0 Å². The lowest BCUT2D eigenvalue weighted by Crippen LogP contribution is -2.37. The smallest absolute Gasteiger partial charge is 0.410 e. The van der Waals surface area contributed by atoms with E-state index in [-0.39, 0.29) is 24.1 Å². The summed E-state index contributed by atoms with van der Waals surface area (Å²) in [5.74, 6) is 2.88. The lowest BCUT2D eigenvalue weighted by molar-refractivity contribution is 0.0214. The van der Waals surface area contributed by atoms with Crippen molar-refractivity contribution in [1.29, 1.82) is 0 Å². The molecule has 3 unspecified atom stereocenters. The minimum absolute atomic E-state index is 0.184. The zero-order valence-corrected chi connectivity index (χ0v) is 27.8. The van der Waals surface area contributed by atoms with E-state index >= 15 is 0 Å². The van der Waals surface area contributed by atoms with Crippen LogP contribution in [0.3, 0.4) is 0 Å². The third-order valence-electron chi connectivity index (χ3n) is 9.80. The summed E-state index contributed by atoms with van der Waals surface area (Å²) in [6.45, 7) is 11.4. The van der Waals surface area contributed by atoms with Gasteiger partial charge in [-0.1, -0.05) is 32.0 Å². The van der Waals surface area contributed by atoms with E-state index < -0.39 is 11.7 Å². The number of carbonyl (C=O) groups excluding carboxylic acids is 1. The second-order valence-corrected chi connectivity index (χ2v) is 14.8. The first-order chi connectivity index (χ1) is 22.9. The molecule has 2 fully saturated rings. The van der Waals surface area contributed by atoms with Crippen molar-refractivity contribution in [3.05, 3.63) is 65.9 Å². The van der Waals surface area contributed by atoms with Crippen molar-refractivity contribution >= 4 is 34.0 Å². The van der Waals surface area contributed by atoms with Crippen LogP contribution >= 0.6 is 0 Å². The average Bonchev–Trinajstić information content (AvgIpc) is 3.84. The van der Waals surface area contributed by atoms with Crippen molar-refractivity contribution in [2.75, 3.05) is 13.1 Å². The monoisotopic (exact) mass is 648 g/mol. The molecule has 5 heterocycles. The second-order valence-electron chi connectivity index (χ2n) is 14.8. The number of ether oxygens (including phenoxy) is 2. The van der Waals surface area contributed by atoms with Crippen LogP contribution in [0.25, 0.3) is 44.2 Å². The third kappa shape index (κ3) is 5.21. The van der Waals surface area contributed by atoms with Gasteiger partial charge in [0.1, 0.15) is 29.6 Å². The van der Waals surface area contributed by atoms with Crippen LogP contribution < -0.4 is 4.74 Å². The van der Waals surface area contributed by atoms with Crippen LogP contribution in [-0.4, -0.2) is 65.7 Å². The van der Waals surface area contributed by atoms with Gasteiger partial charge in [0, 0.05) is 24.0 Å². The Morgan fingerprint density at radius 2 is 1.69 bits per heavy atom. The summed E-state index contributed by atoms with van der Waals surface area (Å²) in [4.78, 5) is 44.7. The third-order valence-corrected chi connectivity index (χ3v) is 9.80. The number of likely N-dealkylation sites (tertiary alicyclic amines) is 2. The van der Waals surface area contributed by atoms with Crippen molar-refractivity contribution in [1.82, 2.24) is 29.7 Å². The molecule has 0 saturated carbocycles. The molecule has 3 aliphatic rings. The highest BCUT2D eigenvalue weighted by atomic mass is 16.6. The molecule has 11 nitrogen and oxygen atoms in total. The molecule has 3 N–H and O–H groups in total. The Labute approximate surface area is 278 Å². The Kier molecular flexibility index (Phi) is 6.94. The summed E-state index contributed by atoms with van der Waals surface area (Å²) in [6, 6.07) is 14.2. The average molecular weight is 649 g/mol. The highest BCUT2D eigenvalue weighted by Crippen LogP contribution is 2.44. The number of fused-ring (bicyclic) bond motifs is 6. The summed E-state index contributed by atoms with van der Waals surface area (Å²) in [5, 5.41) is 11.8. The number of nitrogens with one attached hydrogen (secondary N) is 2. The first kappa shape index (κ1) is 30.3. The van der Waals surface area contributed by atoms with Crippen LogP contribution in [0.2, 0.25) is 0 Å². The summed E-state index contributed by atoms with van der Waals surface area (Å²) in [6.07, 6.45) is 2.12. The zero-order chi connectivity index (χ0) is 33.5. The molecule has 0 spiro atoms. The Bertz CT molecular complexity index is 2090. The van der Waals surface area contributed by atoms with Gasteiger partial charge in [0.2, 0.25) is 0 Å². The predicted octanol–water partition coefficient (Wildman–Crippen LogP) is 8.04. The van der Waals surface area contributed by atoms with E-state index in [9.17, 15) is 14.7 Å². The SMILES string of the molecule is CC1CC(c2nc3ccc4cc5c(cc4c3[nH]2)OCc2cc(-c3cnc([C@@H]4CC(C)CN4C(=O)O)[nH]3)ccc2-5)N(C(=O)OC(C)(C)C)C1. The minimum atomic E-state index is -0.915. The Hall–Kier alpha value is -5.06.